The molecular formula is C17H28N2O2. The fraction of sp³-hybridized carbons (Fsp3) is 0.882. The van der Waals surface area contributed by atoms with Crippen LogP contribution in [0, 0.1) is 11.8 Å². The van der Waals surface area contributed by atoms with Crippen LogP contribution in [0.25, 0.3) is 0 Å². The van der Waals surface area contributed by atoms with Gasteiger partial charge in [-0.05, 0) is 51.0 Å². The van der Waals surface area contributed by atoms with E-state index >= 15 is 0 Å². The highest BCUT2D eigenvalue weighted by Crippen LogP contribution is 2.35. The molecule has 4 heteroatoms. The topological polar surface area (TPSA) is 40.6 Å². The molecule has 2 aliphatic heterocycles. The van der Waals surface area contributed by atoms with E-state index in [-0.39, 0.29) is 5.92 Å². The van der Waals surface area contributed by atoms with Gasteiger partial charge in [-0.25, -0.2) is 0 Å². The average molecular weight is 292 g/mol. The van der Waals surface area contributed by atoms with Crippen LogP contribution in [0.5, 0.6) is 0 Å². The molecule has 118 valence electrons. The van der Waals surface area contributed by atoms with Gasteiger partial charge >= 0.3 is 0 Å². The summed E-state index contributed by atoms with van der Waals surface area (Å²) in [6.07, 6.45) is 10.7. The molecule has 0 bridgehead atoms. The van der Waals surface area contributed by atoms with E-state index in [0.717, 1.165) is 44.7 Å². The molecule has 0 N–H and O–H groups in total. The second-order valence-corrected chi connectivity index (χ2v) is 7.11. The van der Waals surface area contributed by atoms with Crippen LogP contribution < -0.4 is 0 Å². The first-order valence-corrected chi connectivity index (χ1v) is 8.75. The number of fused-ring (bicyclic) bond motifs is 1. The van der Waals surface area contributed by atoms with Crippen LogP contribution in [0.15, 0.2) is 0 Å². The van der Waals surface area contributed by atoms with Gasteiger partial charge in [0.15, 0.2) is 0 Å². The van der Waals surface area contributed by atoms with E-state index in [0.29, 0.717) is 18.5 Å². The molecule has 0 radical (unpaired) electrons. The van der Waals surface area contributed by atoms with Gasteiger partial charge in [0.05, 0.1) is 6.54 Å². The predicted molar refractivity (Wildman–Crippen MR) is 81.9 cm³/mol. The summed E-state index contributed by atoms with van der Waals surface area (Å²) in [6, 6.07) is 0.506. The number of likely N-dealkylation sites (tertiary alicyclic amines) is 2. The maximum absolute atomic E-state index is 12.7. The first-order valence-electron chi connectivity index (χ1n) is 8.75. The Kier molecular flexibility index (Phi) is 4.94. The van der Waals surface area contributed by atoms with Crippen molar-refractivity contribution in [3.63, 3.8) is 0 Å². The zero-order valence-electron chi connectivity index (χ0n) is 13.0. The van der Waals surface area contributed by atoms with Gasteiger partial charge in [0.25, 0.3) is 0 Å². The first kappa shape index (κ1) is 15.0. The van der Waals surface area contributed by atoms with E-state index in [1.807, 2.05) is 0 Å². The van der Waals surface area contributed by atoms with Crippen LogP contribution >= 0.6 is 0 Å². The van der Waals surface area contributed by atoms with Gasteiger partial charge in [0.2, 0.25) is 5.91 Å². The van der Waals surface area contributed by atoms with Crippen LogP contribution in [-0.2, 0) is 9.59 Å². The second-order valence-electron chi connectivity index (χ2n) is 7.11. The lowest BCUT2D eigenvalue weighted by molar-refractivity contribution is -0.139. The molecule has 1 saturated carbocycles. The number of piperidine rings is 2. The summed E-state index contributed by atoms with van der Waals surface area (Å²) in [7, 11) is 0. The van der Waals surface area contributed by atoms with E-state index < -0.39 is 0 Å². The molecule has 0 aromatic carbocycles. The third kappa shape index (κ3) is 3.47. The number of aldehydes is 1. The molecule has 3 unspecified atom stereocenters. The number of carbonyl (C=O) groups excluding carboxylic acids is 2. The normalized spacial score (nSPS) is 34.3. The van der Waals surface area contributed by atoms with Crippen molar-refractivity contribution in [2.75, 3.05) is 26.2 Å². The first-order chi connectivity index (χ1) is 10.3. The summed E-state index contributed by atoms with van der Waals surface area (Å²) in [5.41, 5.74) is 0. The van der Waals surface area contributed by atoms with Crippen molar-refractivity contribution < 1.29 is 9.59 Å². The SMILES string of the molecule is O=CC1CCCN(CC(=O)N2CCCC3CCCCC32)C1. The van der Waals surface area contributed by atoms with E-state index in [1.165, 1.54) is 38.5 Å². The summed E-state index contributed by atoms with van der Waals surface area (Å²) in [5.74, 6) is 1.19. The van der Waals surface area contributed by atoms with Crippen LogP contribution in [-0.4, -0.2) is 54.2 Å². The molecule has 3 atom stereocenters. The smallest absolute Gasteiger partial charge is 0.237 e. The molecule has 2 heterocycles. The summed E-state index contributed by atoms with van der Waals surface area (Å²) in [6.45, 7) is 3.22. The van der Waals surface area contributed by atoms with Crippen LogP contribution in [0.3, 0.4) is 0 Å². The Labute approximate surface area is 127 Å². The van der Waals surface area contributed by atoms with Crippen molar-refractivity contribution in [2.24, 2.45) is 11.8 Å². The molecule has 0 spiro atoms. The summed E-state index contributed by atoms with van der Waals surface area (Å²) in [4.78, 5) is 28.0. The Morgan fingerprint density at radius 1 is 1.00 bits per heavy atom. The van der Waals surface area contributed by atoms with Crippen LogP contribution in [0.4, 0.5) is 0 Å². The molecule has 1 amide bonds. The maximum Gasteiger partial charge on any atom is 0.237 e. The predicted octanol–water partition coefficient (Wildman–Crippen LogP) is 2.08. The summed E-state index contributed by atoms with van der Waals surface area (Å²) >= 11 is 0. The second kappa shape index (κ2) is 6.91. The van der Waals surface area contributed by atoms with Crippen molar-refractivity contribution >= 4 is 12.2 Å². The molecular weight excluding hydrogens is 264 g/mol. The van der Waals surface area contributed by atoms with Crippen LogP contribution in [0.2, 0.25) is 0 Å². The third-order valence-corrected chi connectivity index (χ3v) is 5.66. The lowest BCUT2D eigenvalue weighted by atomic mass is 9.78. The van der Waals surface area contributed by atoms with Crippen molar-refractivity contribution in [1.29, 1.82) is 0 Å². The largest absolute Gasteiger partial charge is 0.338 e. The number of rotatable bonds is 3. The molecule has 3 fully saturated rings. The highest BCUT2D eigenvalue weighted by atomic mass is 16.2. The standard InChI is InChI=1S/C17H28N2O2/c20-13-14-5-3-9-18(11-14)12-17(21)19-10-4-7-15-6-1-2-8-16(15)19/h13-16H,1-12H2. The minimum atomic E-state index is 0.135. The van der Waals surface area contributed by atoms with Crippen LogP contribution in [0.1, 0.15) is 51.4 Å². The molecule has 2 saturated heterocycles. The monoisotopic (exact) mass is 292 g/mol. The summed E-state index contributed by atoms with van der Waals surface area (Å²) < 4.78 is 0. The van der Waals surface area contributed by atoms with Gasteiger partial charge in [-0.15, -0.1) is 0 Å². The quantitative estimate of drug-likeness (QED) is 0.748. The van der Waals surface area contributed by atoms with E-state index in [9.17, 15) is 9.59 Å². The molecule has 1 aliphatic carbocycles. The molecule has 0 aromatic heterocycles. The van der Waals surface area contributed by atoms with Crippen molar-refractivity contribution in [2.45, 2.75) is 57.4 Å². The van der Waals surface area contributed by atoms with Crippen molar-refractivity contribution in [3.8, 4) is 0 Å². The Balaban J connectivity index is 1.57. The van der Waals surface area contributed by atoms with E-state index in [4.69, 9.17) is 0 Å². The Bertz CT molecular complexity index is 383. The van der Waals surface area contributed by atoms with Gasteiger partial charge in [-0.2, -0.15) is 0 Å². The van der Waals surface area contributed by atoms with Gasteiger partial charge in [-0.1, -0.05) is 12.8 Å². The van der Waals surface area contributed by atoms with Gasteiger partial charge in [0, 0.05) is 25.0 Å². The van der Waals surface area contributed by atoms with Gasteiger partial charge in [-0.3, -0.25) is 9.69 Å². The average Bonchev–Trinajstić information content (AvgIpc) is 2.54. The zero-order valence-corrected chi connectivity index (χ0v) is 13.0. The molecule has 0 aromatic rings. The van der Waals surface area contributed by atoms with E-state index in [1.54, 1.807) is 0 Å². The zero-order chi connectivity index (χ0) is 14.7. The number of amides is 1. The minimum Gasteiger partial charge on any atom is -0.338 e. The fourth-order valence-corrected chi connectivity index (χ4v) is 4.56. The van der Waals surface area contributed by atoms with Gasteiger partial charge in [0.1, 0.15) is 6.29 Å². The lowest BCUT2D eigenvalue weighted by Crippen LogP contribution is -2.53. The Hall–Kier alpha value is -0.900. The molecule has 4 nitrogen and oxygen atoms in total. The Morgan fingerprint density at radius 2 is 1.76 bits per heavy atom. The highest BCUT2D eigenvalue weighted by Gasteiger charge is 2.36. The Morgan fingerprint density at radius 3 is 2.62 bits per heavy atom. The fourth-order valence-electron chi connectivity index (χ4n) is 4.56. The van der Waals surface area contributed by atoms with E-state index in [2.05, 4.69) is 9.80 Å². The van der Waals surface area contributed by atoms with Crippen molar-refractivity contribution in [3.05, 3.63) is 0 Å². The number of carbonyl (C=O) groups is 2. The number of hydrogen-bond donors (Lipinski definition) is 0. The molecule has 3 aliphatic rings. The molecule has 21 heavy (non-hydrogen) atoms. The third-order valence-electron chi connectivity index (χ3n) is 5.66. The molecule has 3 rings (SSSR count). The maximum atomic E-state index is 12.7. The minimum absolute atomic E-state index is 0.135. The van der Waals surface area contributed by atoms with Crippen molar-refractivity contribution in [1.82, 2.24) is 9.80 Å². The lowest BCUT2D eigenvalue weighted by Gasteiger charge is -2.45. The number of hydrogen-bond acceptors (Lipinski definition) is 3. The van der Waals surface area contributed by atoms with Gasteiger partial charge < -0.3 is 9.69 Å². The summed E-state index contributed by atoms with van der Waals surface area (Å²) in [5, 5.41) is 0. The highest BCUT2D eigenvalue weighted by molar-refractivity contribution is 5.79. The number of nitrogens with zero attached hydrogens (tertiary/aromatic N) is 2.